The van der Waals surface area contributed by atoms with Crippen LogP contribution in [0.1, 0.15) is 31.8 Å². The van der Waals surface area contributed by atoms with Gasteiger partial charge in [0.2, 0.25) is 0 Å². The molecule has 3 aromatic rings. The van der Waals surface area contributed by atoms with Crippen molar-refractivity contribution >= 4 is 29.7 Å². The van der Waals surface area contributed by atoms with Gasteiger partial charge in [0, 0.05) is 10.6 Å². The van der Waals surface area contributed by atoms with Crippen LogP contribution >= 0.6 is 11.6 Å². The molecule has 3 rings (SSSR count). The number of carbonyl (C=O) groups excluding carboxylic acids is 1. The lowest BCUT2D eigenvalue weighted by molar-refractivity contribution is 0.0696. The molecule has 0 saturated carbocycles. The third-order valence-electron chi connectivity index (χ3n) is 4.22. The second-order valence-corrected chi connectivity index (χ2v) is 6.85. The summed E-state index contributed by atoms with van der Waals surface area (Å²) in [6.07, 6.45) is 1.48. The van der Waals surface area contributed by atoms with Gasteiger partial charge in [-0.05, 0) is 59.7 Å². The highest BCUT2D eigenvalue weighted by Gasteiger charge is 2.08. The van der Waals surface area contributed by atoms with Crippen molar-refractivity contribution in [3.05, 3.63) is 94.0 Å². The third-order valence-corrected chi connectivity index (χ3v) is 4.46. The van der Waals surface area contributed by atoms with Gasteiger partial charge in [0.05, 0.1) is 18.9 Å². The van der Waals surface area contributed by atoms with Crippen molar-refractivity contribution in [2.75, 3.05) is 7.11 Å². The Morgan fingerprint density at radius 2 is 1.81 bits per heavy atom. The minimum Gasteiger partial charge on any atom is -0.493 e. The van der Waals surface area contributed by atoms with Crippen molar-refractivity contribution in [1.29, 1.82) is 0 Å². The molecule has 158 valence electrons. The standard InChI is InChI=1S/C23H19ClN2O5/c1-30-21-11-15(13-25-26-22(27)17-5-3-7-19(24)12-17)8-9-20(21)31-14-16-4-2-6-18(10-16)23(28)29/h2-13H,14H2,1H3,(H,26,27)(H,28,29)/b25-13-. The Bertz CT molecular complexity index is 1130. The van der Waals surface area contributed by atoms with E-state index in [4.69, 9.17) is 26.2 Å². The van der Waals surface area contributed by atoms with Crippen molar-refractivity contribution in [1.82, 2.24) is 5.43 Å². The number of carboxylic acids is 1. The zero-order valence-electron chi connectivity index (χ0n) is 16.5. The largest absolute Gasteiger partial charge is 0.493 e. The molecule has 0 fully saturated rings. The van der Waals surface area contributed by atoms with Crippen molar-refractivity contribution in [2.24, 2.45) is 5.10 Å². The number of nitrogens with one attached hydrogen (secondary N) is 1. The predicted octanol–water partition coefficient (Wildman–Crippen LogP) is 4.39. The summed E-state index contributed by atoms with van der Waals surface area (Å²) in [7, 11) is 1.51. The molecule has 0 spiro atoms. The summed E-state index contributed by atoms with van der Waals surface area (Å²) in [4.78, 5) is 23.2. The number of aromatic carboxylic acids is 1. The van der Waals surface area contributed by atoms with Crippen molar-refractivity contribution in [3.63, 3.8) is 0 Å². The molecule has 0 radical (unpaired) electrons. The number of methoxy groups -OCH3 is 1. The summed E-state index contributed by atoms with van der Waals surface area (Å²) in [6.45, 7) is 0.181. The minimum absolute atomic E-state index is 0.181. The van der Waals surface area contributed by atoms with Crippen LogP contribution in [0, 0.1) is 0 Å². The second-order valence-electron chi connectivity index (χ2n) is 6.41. The summed E-state index contributed by atoms with van der Waals surface area (Å²) in [5.41, 5.74) is 4.44. The first-order valence-electron chi connectivity index (χ1n) is 9.18. The number of carbonyl (C=O) groups is 2. The molecule has 0 heterocycles. The van der Waals surface area contributed by atoms with Crippen LogP contribution in [0.5, 0.6) is 11.5 Å². The van der Waals surface area contributed by atoms with Crippen LogP contribution < -0.4 is 14.9 Å². The Kier molecular flexibility index (Phi) is 7.24. The third kappa shape index (κ3) is 6.07. The molecule has 0 bridgehead atoms. The average molecular weight is 439 g/mol. The lowest BCUT2D eigenvalue weighted by Gasteiger charge is -2.11. The van der Waals surface area contributed by atoms with E-state index in [0.717, 1.165) is 5.56 Å². The van der Waals surface area contributed by atoms with Gasteiger partial charge < -0.3 is 14.6 Å². The highest BCUT2D eigenvalue weighted by atomic mass is 35.5. The zero-order valence-corrected chi connectivity index (χ0v) is 17.3. The molecule has 8 heteroatoms. The summed E-state index contributed by atoms with van der Waals surface area (Å²) < 4.78 is 11.1. The Balaban J connectivity index is 1.64. The molecule has 0 aliphatic heterocycles. The first-order valence-corrected chi connectivity index (χ1v) is 9.56. The van der Waals surface area contributed by atoms with Crippen LogP contribution in [0.25, 0.3) is 0 Å². The molecule has 0 aromatic heterocycles. The fourth-order valence-electron chi connectivity index (χ4n) is 2.70. The molecular formula is C23H19ClN2O5. The Hall–Kier alpha value is -3.84. The molecule has 7 nitrogen and oxygen atoms in total. The van der Waals surface area contributed by atoms with Crippen LogP contribution in [-0.2, 0) is 6.61 Å². The van der Waals surface area contributed by atoms with Crippen LogP contribution in [0.15, 0.2) is 71.8 Å². The minimum atomic E-state index is -0.995. The van der Waals surface area contributed by atoms with Gasteiger partial charge in [-0.25, -0.2) is 10.2 Å². The molecule has 2 N–H and O–H groups in total. The maximum Gasteiger partial charge on any atom is 0.335 e. The molecule has 0 aliphatic carbocycles. The van der Waals surface area contributed by atoms with E-state index < -0.39 is 5.97 Å². The van der Waals surface area contributed by atoms with E-state index in [0.29, 0.717) is 27.6 Å². The van der Waals surface area contributed by atoms with Gasteiger partial charge in [0.1, 0.15) is 6.61 Å². The average Bonchev–Trinajstić information content (AvgIpc) is 2.78. The van der Waals surface area contributed by atoms with Crippen molar-refractivity contribution in [2.45, 2.75) is 6.61 Å². The molecular weight excluding hydrogens is 420 g/mol. The zero-order chi connectivity index (χ0) is 22.2. The van der Waals surface area contributed by atoms with E-state index in [2.05, 4.69) is 10.5 Å². The quantitative estimate of drug-likeness (QED) is 0.401. The number of carboxylic acid groups (broad SMARTS) is 1. The van der Waals surface area contributed by atoms with Gasteiger partial charge in [0.15, 0.2) is 11.5 Å². The summed E-state index contributed by atoms with van der Waals surface area (Å²) >= 11 is 5.88. The molecule has 1 amide bonds. The smallest absolute Gasteiger partial charge is 0.335 e. The highest BCUT2D eigenvalue weighted by molar-refractivity contribution is 6.30. The van der Waals surface area contributed by atoms with Gasteiger partial charge in [-0.2, -0.15) is 5.10 Å². The molecule has 31 heavy (non-hydrogen) atoms. The summed E-state index contributed by atoms with van der Waals surface area (Å²) in [5.74, 6) is -0.414. The monoisotopic (exact) mass is 438 g/mol. The second kappa shape index (κ2) is 10.3. The van der Waals surface area contributed by atoms with E-state index in [-0.39, 0.29) is 18.1 Å². The number of hydrazone groups is 1. The number of halogens is 1. The van der Waals surface area contributed by atoms with Gasteiger partial charge in [-0.3, -0.25) is 4.79 Å². The Labute approximate surface area is 183 Å². The number of amides is 1. The number of hydrogen-bond donors (Lipinski definition) is 2. The van der Waals surface area contributed by atoms with Crippen molar-refractivity contribution in [3.8, 4) is 11.5 Å². The van der Waals surface area contributed by atoms with Crippen LogP contribution in [0.3, 0.4) is 0 Å². The number of nitrogens with zero attached hydrogens (tertiary/aromatic N) is 1. The number of benzene rings is 3. The SMILES string of the molecule is COc1cc(/C=N\NC(=O)c2cccc(Cl)c2)ccc1OCc1cccc(C(=O)O)c1. The predicted molar refractivity (Wildman–Crippen MR) is 117 cm³/mol. The van der Waals surface area contributed by atoms with Gasteiger partial charge >= 0.3 is 5.97 Å². The number of ether oxygens (including phenoxy) is 2. The van der Waals surface area contributed by atoms with Crippen LogP contribution in [-0.4, -0.2) is 30.3 Å². The molecule has 0 aliphatic rings. The fourth-order valence-corrected chi connectivity index (χ4v) is 2.89. The molecule has 0 saturated heterocycles. The summed E-state index contributed by atoms with van der Waals surface area (Å²) in [5, 5.41) is 13.5. The topological polar surface area (TPSA) is 97.2 Å². The number of rotatable bonds is 8. The molecule has 3 aromatic carbocycles. The highest BCUT2D eigenvalue weighted by Crippen LogP contribution is 2.28. The maximum absolute atomic E-state index is 12.1. The first-order chi connectivity index (χ1) is 15.0. The van der Waals surface area contributed by atoms with E-state index in [1.165, 1.54) is 19.4 Å². The Morgan fingerprint density at radius 3 is 2.55 bits per heavy atom. The van der Waals surface area contributed by atoms with Crippen LogP contribution in [0.4, 0.5) is 0 Å². The maximum atomic E-state index is 12.1. The van der Waals surface area contributed by atoms with Gasteiger partial charge in [-0.1, -0.05) is 29.8 Å². The van der Waals surface area contributed by atoms with Gasteiger partial charge in [0.25, 0.3) is 5.91 Å². The lowest BCUT2D eigenvalue weighted by Crippen LogP contribution is -2.17. The molecule has 0 atom stereocenters. The molecule has 0 unspecified atom stereocenters. The normalized spacial score (nSPS) is 10.6. The van der Waals surface area contributed by atoms with E-state index in [9.17, 15) is 9.59 Å². The Morgan fingerprint density at radius 1 is 1.03 bits per heavy atom. The fraction of sp³-hybridized carbons (Fsp3) is 0.0870. The first kappa shape index (κ1) is 21.9. The van der Waals surface area contributed by atoms with Crippen LogP contribution in [0.2, 0.25) is 5.02 Å². The van der Waals surface area contributed by atoms with E-state index >= 15 is 0 Å². The van der Waals surface area contributed by atoms with Gasteiger partial charge in [-0.15, -0.1) is 0 Å². The summed E-state index contributed by atoms with van der Waals surface area (Å²) in [6, 6.07) is 18.2. The van der Waals surface area contributed by atoms with E-state index in [1.807, 2.05) is 0 Å². The van der Waals surface area contributed by atoms with E-state index in [1.54, 1.807) is 60.7 Å². The lowest BCUT2D eigenvalue weighted by atomic mass is 10.1. The van der Waals surface area contributed by atoms with Crippen molar-refractivity contribution < 1.29 is 24.2 Å². The number of hydrogen-bond acceptors (Lipinski definition) is 5.